The molecule has 1 unspecified atom stereocenters. The number of sulfonamides is 1. The molecule has 1 aliphatic heterocycles. The third-order valence-corrected chi connectivity index (χ3v) is 5.76. The van der Waals surface area contributed by atoms with E-state index < -0.39 is 10.0 Å². The van der Waals surface area contributed by atoms with Gasteiger partial charge in [0.2, 0.25) is 10.0 Å². The Morgan fingerprint density at radius 2 is 2.16 bits per heavy atom. The largest absolute Gasteiger partial charge is 0.383 e. The zero-order chi connectivity index (χ0) is 13.8. The van der Waals surface area contributed by atoms with Gasteiger partial charge in [0.15, 0.2) is 0 Å². The summed E-state index contributed by atoms with van der Waals surface area (Å²) in [5.41, 5.74) is -0.210. The van der Waals surface area contributed by atoms with Crippen molar-refractivity contribution in [2.45, 2.75) is 44.1 Å². The van der Waals surface area contributed by atoms with Crippen molar-refractivity contribution in [3.05, 3.63) is 0 Å². The van der Waals surface area contributed by atoms with E-state index in [2.05, 4.69) is 10.0 Å². The summed E-state index contributed by atoms with van der Waals surface area (Å²) in [5.74, 6) is 0.898. The quantitative estimate of drug-likeness (QED) is 0.696. The number of hydrogen-bond acceptors (Lipinski definition) is 4. The fourth-order valence-electron chi connectivity index (χ4n) is 2.89. The van der Waals surface area contributed by atoms with E-state index in [1.54, 1.807) is 7.11 Å². The average Bonchev–Trinajstić information content (AvgIpc) is 2.74. The van der Waals surface area contributed by atoms with Gasteiger partial charge in [-0.2, -0.15) is 0 Å². The monoisotopic (exact) mass is 290 g/mol. The van der Waals surface area contributed by atoms with Crippen molar-refractivity contribution >= 4 is 10.0 Å². The summed E-state index contributed by atoms with van der Waals surface area (Å²) in [7, 11) is -1.48. The summed E-state index contributed by atoms with van der Waals surface area (Å²) < 4.78 is 32.0. The van der Waals surface area contributed by atoms with Gasteiger partial charge in [0.1, 0.15) is 0 Å². The van der Waals surface area contributed by atoms with E-state index in [1.807, 2.05) is 0 Å². The molecule has 2 fully saturated rings. The molecule has 1 saturated carbocycles. The van der Waals surface area contributed by atoms with E-state index in [0.29, 0.717) is 19.1 Å². The molecule has 0 aromatic rings. The third kappa shape index (κ3) is 4.41. The van der Waals surface area contributed by atoms with Crippen LogP contribution in [0.5, 0.6) is 0 Å². The van der Waals surface area contributed by atoms with Gasteiger partial charge >= 0.3 is 0 Å². The molecule has 0 spiro atoms. The average molecular weight is 290 g/mol. The van der Waals surface area contributed by atoms with Gasteiger partial charge in [0.05, 0.1) is 17.9 Å². The van der Waals surface area contributed by atoms with Crippen molar-refractivity contribution in [1.29, 1.82) is 0 Å². The normalized spacial score (nSPS) is 28.5. The summed E-state index contributed by atoms with van der Waals surface area (Å²) in [4.78, 5) is 0. The SMILES string of the molecule is COCC1(CNS(=O)(=O)CCC2CCC2)CCCN1. The lowest BCUT2D eigenvalue weighted by Crippen LogP contribution is -2.53. The highest BCUT2D eigenvalue weighted by Crippen LogP contribution is 2.29. The molecule has 6 heteroatoms. The number of nitrogens with one attached hydrogen (secondary N) is 2. The van der Waals surface area contributed by atoms with Crippen LogP contribution in [0, 0.1) is 5.92 Å². The predicted octanol–water partition coefficient (Wildman–Crippen LogP) is 0.865. The minimum Gasteiger partial charge on any atom is -0.383 e. The first kappa shape index (κ1) is 15.2. The van der Waals surface area contributed by atoms with Gasteiger partial charge in [-0.1, -0.05) is 19.3 Å². The van der Waals surface area contributed by atoms with E-state index in [1.165, 1.54) is 19.3 Å². The molecule has 1 saturated heterocycles. The Balaban J connectivity index is 1.78. The molecule has 0 aromatic heterocycles. The highest BCUT2D eigenvalue weighted by molar-refractivity contribution is 7.89. The first-order chi connectivity index (χ1) is 9.05. The fraction of sp³-hybridized carbons (Fsp3) is 1.00. The van der Waals surface area contributed by atoms with Crippen molar-refractivity contribution in [3.8, 4) is 0 Å². The lowest BCUT2D eigenvalue weighted by atomic mass is 9.84. The highest BCUT2D eigenvalue weighted by atomic mass is 32.2. The van der Waals surface area contributed by atoms with Crippen molar-refractivity contribution < 1.29 is 13.2 Å². The molecule has 1 aliphatic carbocycles. The summed E-state index contributed by atoms with van der Waals surface area (Å²) in [6, 6.07) is 0. The number of rotatable bonds is 8. The van der Waals surface area contributed by atoms with Crippen LogP contribution in [0.2, 0.25) is 0 Å². The van der Waals surface area contributed by atoms with Crippen molar-refractivity contribution in [2.75, 3.05) is 32.6 Å². The molecule has 2 N–H and O–H groups in total. The minimum atomic E-state index is -3.14. The van der Waals surface area contributed by atoms with E-state index in [4.69, 9.17) is 4.74 Å². The third-order valence-electron chi connectivity index (χ3n) is 4.40. The number of methoxy groups -OCH3 is 1. The van der Waals surface area contributed by atoms with Crippen molar-refractivity contribution in [3.63, 3.8) is 0 Å². The molecule has 112 valence electrons. The molecule has 1 heterocycles. The van der Waals surface area contributed by atoms with Crippen molar-refractivity contribution in [2.24, 2.45) is 5.92 Å². The Bertz CT molecular complexity index is 373. The Kier molecular flexibility index (Phi) is 5.22. The standard InChI is InChI=1S/C13H26N2O3S/c1-18-11-13(7-3-8-14-13)10-15-19(16,17)9-6-12-4-2-5-12/h12,14-15H,2-11H2,1H3. The zero-order valence-electron chi connectivity index (χ0n) is 11.8. The second-order valence-electron chi connectivity index (χ2n) is 5.97. The van der Waals surface area contributed by atoms with E-state index in [-0.39, 0.29) is 11.3 Å². The van der Waals surface area contributed by atoms with E-state index in [0.717, 1.165) is 25.8 Å². The Morgan fingerprint density at radius 3 is 2.68 bits per heavy atom. The second kappa shape index (κ2) is 6.52. The zero-order valence-corrected chi connectivity index (χ0v) is 12.6. The van der Waals surface area contributed by atoms with Crippen LogP contribution in [-0.2, 0) is 14.8 Å². The van der Waals surface area contributed by atoms with Gasteiger partial charge in [-0.3, -0.25) is 0 Å². The van der Waals surface area contributed by atoms with E-state index >= 15 is 0 Å². The first-order valence-electron chi connectivity index (χ1n) is 7.27. The maximum absolute atomic E-state index is 12.0. The van der Waals surface area contributed by atoms with Crippen LogP contribution in [0.15, 0.2) is 0 Å². The minimum absolute atomic E-state index is 0.210. The van der Waals surface area contributed by atoms with Crippen molar-refractivity contribution in [1.82, 2.24) is 10.0 Å². The maximum atomic E-state index is 12.0. The summed E-state index contributed by atoms with van der Waals surface area (Å²) in [5, 5.41) is 3.38. The van der Waals surface area contributed by atoms with Crippen LogP contribution in [0.4, 0.5) is 0 Å². The summed E-state index contributed by atoms with van der Waals surface area (Å²) >= 11 is 0. The molecule has 1 atom stereocenters. The number of hydrogen-bond donors (Lipinski definition) is 2. The molecular formula is C13H26N2O3S. The van der Waals surface area contributed by atoms with Crippen LogP contribution in [0.3, 0.4) is 0 Å². The first-order valence-corrected chi connectivity index (χ1v) is 8.92. The Morgan fingerprint density at radius 1 is 1.37 bits per heavy atom. The van der Waals surface area contributed by atoms with Crippen LogP contribution >= 0.6 is 0 Å². The highest BCUT2D eigenvalue weighted by Gasteiger charge is 2.34. The van der Waals surface area contributed by atoms with E-state index in [9.17, 15) is 8.42 Å². The molecular weight excluding hydrogens is 264 g/mol. The van der Waals surface area contributed by atoms with Crippen LogP contribution in [-0.4, -0.2) is 46.5 Å². The lowest BCUT2D eigenvalue weighted by molar-refractivity contribution is 0.122. The summed E-state index contributed by atoms with van der Waals surface area (Å²) in [6.07, 6.45) is 6.51. The number of ether oxygens (including phenoxy) is 1. The molecule has 2 aliphatic rings. The van der Waals surface area contributed by atoms with Gasteiger partial charge in [-0.05, 0) is 31.7 Å². The molecule has 0 aromatic carbocycles. The lowest BCUT2D eigenvalue weighted by Gasteiger charge is -2.29. The Labute approximate surface area is 116 Å². The van der Waals surface area contributed by atoms with Gasteiger partial charge in [0.25, 0.3) is 0 Å². The maximum Gasteiger partial charge on any atom is 0.211 e. The van der Waals surface area contributed by atoms with Gasteiger partial charge in [-0.15, -0.1) is 0 Å². The molecule has 19 heavy (non-hydrogen) atoms. The molecule has 2 rings (SSSR count). The smallest absolute Gasteiger partial charge is 0.211 e. The predicted molar refractivity (Wildman–Crippen MR) is 75.6 cm³/mol. The van der Waals surface area contributed by atoms with Gasteiger partial charge in [0, 0.05) is 13.7 Å². The van der Waals surface area contributed by atoms with Crippen LogP contribution in [0.25, 0.3) is 0 Å². The Hall–Kier alpha value is -0.170. The molecule has 5 nitrogen and oxygen atoms in total. The van der Waals surface area contributed by atoms with Crippen LogP contribution < -0.4 is 10.0 Å². The van der Waals surface area contributed by atoms with Crippen LogP contribution in [0.1, 0.15) is 38.5 Å². The fourth-order valence-corrected chi connectivity index (χ4v) is 4.18. The molecule has 0 bridgehead atoms. The molecule has 0 radical (unpaired) electrons. The summed E-state index contributed by atoms with van der Waals surface area (Å²) in [6.45, 7) is 1.93. The van der Waals surface area contributed by atoms with Gasteiger partial charge < -0.3 is 10.1 Å². The second-order valence-corrected chi connectivity index (χ2v) is 7.90. The molecule has 0 amide bonds. The topological polar surface area (TPSA) is 67.4 Å². The van der Waals surface area contributed by atoms with Gasteiger partial charge in [-0.25, -0.2) is 13.1 Å².